The molecule has 0 spiro atoms. The molecular weight excluding hydrogens is 490 g/mol. The maximum absolute atomic E-state index is 13.5. The highest BCUT2D eigenvalue weighted by Crippen LogP contribution is 2.49. The Labute approximate surface area is 187 Å². The van der Waals surface area contributed by atoms with E-state index in [9.17, 15) is 13.8 Å². The summed E-state index contributed by atoms with van der Waals surface area (Å²) in [5, 5.41) is 6.63. The number of carbonyl (C=O) groups excluding carboxylic acids is 1. The second-order valence-corrected chi connectivity index (χ2v) is 9.81. The van der Waals surface area contributed by atoms with E-state index >= 15 is 0 Å². The fourth-order valence-electron chi connectivity index (χ4n) is 2.91. The van der Waals surface area contributed by atoms with Crippen molar-refractivity contribution in [3.63, 3.8) is 0 Å². The Hall–Kier alpha value is -2.32. The van der Waals surface area contributed by atoms with Gasteiger partial charge in [0.2, 0.25) is 5.91 Å². The van der Waals surface area contributed by atoms with Crippen molar-refractivity contribution in [3.8, 4) is 11.3 Å². The number of hydrogen-bond acceptors (Lipinski definition) is 6. The van der Waals surface area contributed by atoms with Crippen LogP contribution in [0.1, 0.15) is 17.5 Å². The highest BCUT2D eigenvalue weighted by molar-refractivity contribution is 9.10. The summed E-state index contributed by atoms with van der Waals surface area (Å²) in [6, 6.07) is 11.5. The highest BCUT2D eigenvalue weighted by atomic mass is 79.9. The van der Waals surface area contributed by atoms with Crippen LogP contribution >= 0.6 is 23.5 Å². The Morgan fingerprint density at radius 3 is 2.55 bits per heavy atom. The number of amides is 1. The molecule has 3 rings (SSSR count). The topological polar surface area (TPSA) is 90.7 Å². The number of aromatic nitrogens is 1. The van der Waals surface area contributed by atoms with E-state index in [4.69, 9.17) is 13.6 Å². The van der Waals surface area contributed by atoms with Gasteiger partial charge in [-0.2, -0.15) is 0 Å². The molecule has 0 saturated heterocycles. The Balaban J connectivity index is 1.58. The fourth-order valence-corrected chi connectivity index (χ4v) is 4.35. The molecule has 3 aromatic rings. The van der Waals surface area contributed by atoms with Gasteiger partial charge in [0, 0.05) is 37.5 Å². The molecule has 0 aliphatic carbocycles. The van der Waals surface area contributed by atoms with Crippen molar-refractivity contribution in [3.05, 3.63) is 70.1 Å². The normalized spacial score (nSPS) is 11.5. The van der Waals surface area contributed by atoms with Gasteiger partial charge in [0.1, 0.15) is 5.82 Å². The fraction of sp³-hybridized carbons (Fsp3) is 0.238. The molecule has 164 valence electrons. The Bertz CT molecular complexity index is 1100. The summed E-state index contributed by atoms with van der Waals surface area (Å²) in [5.74, 6) is -0.0549. The molecule has 1 amide bonds. The predicted molar refractivity (Wildman–Crippen MR) is 118 cm³/mol. The van der Waals surface area contributed by atoms with E-state index in [-0.39, 0.29) is 24.3 Å². The molecule has 10 heteroatoms. The van der Waals surface area contributed by atoms with Crippen molar-refractivity contribution in [2.24, 2.45) is 0 Å². The van der Waals surface area contributed by atoms with Crippen molar-refractivity contribution in [1.29, 1.82) is 0 Å². The van der Waals surface area contributed by atoms with E-state index in [1.807, 2.05) is 0 Å². The Morgan fingerprint density at radius 1 is 1.19 bits per heavy atom. The Kier molecular flexibility index (Phi) is 7.78. The summed E-state index contributed by atoms with van der Waals surface area (Å²) in [7, 11) is -0.462. The van der Waals surface area contributed by atoms with Crippen LogP contribution in [-0.4, -0.2) is 25.3 Å². The van der Waals surface area contributed by atoms with Gasteiger partial charge in [-0.25, -0.2) is 4.39 Å². The second-order valence-electron chi connectivity index (χ2n) is 6.69. The first-order valence-electron chi connectivity index (χ1n) is 9.32. The molecular formula is C21H21BrFN2O5P. The molecule has 0 aliphatic heterocycles. The number of nitrogens with zero attached hydrogens (tertiary/aromatic N) is 1. The average Bonchev–Trinajstić information content (AvgIpc) is 3.24. The van der Waals surface area contributed by atoms with Crippen LogP contribution in [0, 0.1) is 5.82 Å². The maximum Gasteiger partial charge on any atom is 0.334 e. The lowest BCUT2D eigenvalue weighted by Crippen LogP contribution is -2.12. The third-order valence-electron chi connectivity index (χ3n) is 4.62. The van der Waals surface area contributed by atoms with Crippen LogP contribution in [0.2, 0.25) is 0 Å². The molecule has 0 fully saturated rings. The highest BCUT2D eigenvalue weighted by Gasteiger charge is 2.21. The lowest BCUT2D eigenvalue weighted by Gasteiger charge is -2.13. The van der Waals surface area contributed by atoms with E-state index < -0.39 is 7.60 Å². The molecule has 0 bridgehead atoms. The summed E-state index contributed by atoms with van der Waals surface area (Å²) in [4.78, 5) is 12.4. The zero-order chi connectivity index (χ0) is 22.4. The molecule has 31 heavy (non-hydrogen) atoms. The van der Waals surface area contributed by atoms with Gasteiger partial charge in [-0.1, -0.05) is 17.3 Å². The number of rotatable bonds is 9. The van der Waals surface area contributed by atoms with E-state index in [1.54, 1.807) is 42.6 Å². The van der Waals surface area contributed by atoms with Crippen LogP contribution < -0.4 is 5.32 Å². The van der Waals surface area contributed by atoms with Gasteiger partial charge < -0.3 is 18.9 Å². The average molecular weight is 511 g/mol. The van der Waals surface area contributed by atoms with E-state index in [0.717, 1.165) is 11.1 Å². The Morgan fingerprint density at radius 2 is 1.90 bits per heavy atom. The van der Waals surface area contributed by atoms with Gasteiger partial charge >= 0.3 is 7.60 Å². The van der Waals surface area contributed by atoms with Crippen molar-refractivity contribution < 1.29 is 27.3 Å². The van der Waals surface area contributed by atoms with Crippen LogP contribution in [-0.2, 0) is 31.0 Å². The SMILES string of the molecule is COP(=O)(Cc1ccc(NC(=O)CCc2cnoc2-c2ccc(F)c(Br)c2)cc1)OC. The predicted octanol–water partition coefficient (Wildman–Crippen LogP) is 5.80. The van der Waals surface area contributed by atoms with Gasteiger partial charge in [0.15, 0.2) is 5.76 Å². The number of carbonyl (C=O) groups is 1. The number of anilines is 1. The molecule has 1 heterocycles. The molecule has 2 aromatic carbocycles. The van der Waals surface area contributed by atoms with Crippen molar-refractivity contribution in [2.75, 3.05) is 19.5 Å². The quantitative estimate of drug-likeness (QED) is 0.366. The van der Waals surface area contributed by atoms with Gasteiger partial charge in [-0.15, -0.1) is 0 Å². The summed E-state index contributed by atoms with van der Waals surface area (Å²) in [6.07, 6.45) is 2.31. The zero-order valence-electron chi connectivity index (χ0n) is 16.9. The first-order valence-corrected chi connectivity index (χ1v) is 11.8. The van der Waals surface area contributed by atoms with Gasteiger partial charge in [0.05, 0.1) is 16.8 Å². The van der Waals surface area contributed by atoms with Gasteiger partial charge in [-0.05, 0) is 58.2 Å². The molecule has 1 aromatic heterocycles. The zero-order valence-corrected chi connectivity index (χ0v) is 19.4. The maximum atomic E-state index is 13.5. The summed E-state index contributed by atoms with van der Waals surface area (Å²) in [6.45, 7) is 0. The molecule has 7 nitrogen and oxygen atoms in total. The molecule has 0 saturated carbocycles. The minimum absolute atomic E-state index is 0.143. The minimum Gasteiger partial charge on any atom is -0.356 e. The lowest BCUT2D eigenvalue weighted by atomic mass is 10.1. The third-order valence-corrected chi connectivity index (χ3v) is 7.09. The number of hydrogen-bond donors (Lipinski definition) is 1. The second kappa shape index (κ2) is 10.3. The van der Waals surface area contributed by atoms with Crippen molar-refractivity contribution in [1.82, 2.24) is 5.16 Å². The number of halogens is 2. The first-order chi connectivity index (χ1) is 14.8. The van der Waals surface area contributed by atoms with Crippen LogP contribution in [0.3, 0.4) is 0 Å². The number of benzene rings is 2. The summed E-state index contributed by atoms with van der Waals surface area (Å²) < 4.78 is 41.2. The molecule has 0 unspecified atom stereocenters. The van der Waals surface area contributed by atoms with Crippen molar-refractivity contribution >= 4 is 35.1 Å². The lowest BCUT2D eigenvalue weighted by molar-refractivity contribution is -0.116. The van der Waals surface area contributed by atoms with E-state index in [2.05, 4.69) is 26.4 Å². The van der Waals surface area contributed by atoms with Gasteiger partial charge in [0.25, 0.3) is 0 Å². The van der Waals surface area contributed by atoms with Crippen LogP contribution in [0.15, 0.2) is 57.7 Å². The molecule has 0 radical (unpaired) electrons. The summed E-state index contributed by atoms with van der Waals surface area (Å²) in [5.41, 5.74) is 2.80. The third kappa shape index (κ3) is 6.11. The molecule has 0 aliphatic rings. The molecule has 1 N–H and O–H groups in total. The van der Waals surface area contributed by atoms with E-state index in [1.165, 1.54) is 20.3 Å². The van der Waals surface area contributed by atoms with Crippen LogP contribution in [0.4, 0.5) is 10.1 Å². The number of aryl methyl sites for hydroxylation is 1. The number of nitrogens with one attached hydrogen (secondary N) is 1. The monoisotopic (exact) mass is 510 g/mol. The van der Waals surface area contributed by atoms with Crippen molar-refractivity contribution in [2.45, 2.75) is 19.0 Å². The van der Waals surface area contributed by atoms with Crippen LogP contribution in [0.5, 0.6) is 0 Å². The van der Waals surface area contributed by atoms with Gasteiger partial charge in [-0.3, -0.25) is 9.36 Å². The smallest absolute Gasteiger partial charge is 0.334 e. The van der Waals surface area contributed by atoms with E-state index in [0.29, 0.717) is 27.9 Å². The molecule has 0 atom stereocenters. The first kappa shape index (κ1) is 23.3. The largest absolute Gasteiger partial charge is 0.356 e. The van der Waals surface area contributed by atoms with Crippen LogP contribution in [0.25, 0.3) is 11.3 Å². The minimum atomic E-state index is -3.15. The summed E-state index contributed by atoms with van der Waals surface area (Å²) >= 11 is 3.15. The standard InChI is InChI=1S/C21H21BrFN2O5P/c1-28-31(27,29-2)13-14-3-7-17(8-4-14)25-20(26)10-6-16-12-24-30-21(16)15-5-9-19(23)18(22)11-15/h3-5,7-9,11-12H,6,10,13H2,1-2H3,(H,25,26).